The molecule has 110 valence electrons. The minimum atomic E-state index is -0.731. The van der Waals surface area contributed by atoms with E-state index in [0.717, 1.165) is 35.7 Å². The lowest BCUT2D eigenvalue weighted by molar-refractivity contribution is -0.134. The lowest BCUT2D eigenvalue weighted by Gasteiger charge is -2.36. The van der Waals surface area contributed by atoms with Gasteiger partial charge in [0.1, 0.15) is 0 Å². The second-order valence-corrected chi connectivity index (χ2v) is 6.96. The molecule has 1 aliphatic rings. The number of thioether (sulfide) groups is 1. The van der Waals surface area contributed by atoms with Crippen molar-refractivity contribution in [3.8, 4) is 0 Å². The van der Waals surface area contributed by atoms with Crippen LogP contribution in [0.1, 0.15) is 25.3 Å². The van der Waals surface area contributed by atoms with Crippen molar-refractivity contribution in [2.75, 3.05) is 18.8 Å². The Bertz CT molecular complexity index is 479. The van der Waals surface area contributed by atoms with Crippen molar-refractivity contribution in [2.45, 2.75) is 31.1 Å². The molecule has 1 aliphatic heterocycles. The lowest BCUT2D eigenvalue weighted by Crippen LogP contribution is -2.49. The highest BCUT2D eigenvalue weighted by Gasteiger charge is 2.30. The highest BCUT2D eigenvalue weighted by molar-refractivity contribution is 7.99. The number of halogens is 1. The van der Waals surface area contributed by atoms with Gasteiger partial charge in [-0.05, 0) is 37.5 Å². The smallest absolute Gasteiger partial charge is 0.232 e. The predicted molar refractivity (Wildman–Crippen MR) is 84.1 cm³/mol. The maximum atomic E-state index is 12.1. The molecule has 1 saturated heterocycles. The van der Waals surface area contributed by atoms with Crippen LogP contribution in [0.2, 0.25) is 5.02 Å². The Morgan fingerprint density at radius 1 is 1.55 bits per heavy atom. The fourth-order valence-corrected chi connectivity index (χ4v) is 3.49. The molecule has 0 radical (unpaired) electrons. The summed E-state index contributed by atoms with van der Waals surface area (Å²) in [7, 11) is 0. The fraction of sp³-hybridized carbons (Fsp3) is 0.533. The summed E-state index contributed by atoms with van der Waals surface area (Å²) in [4.78, 5) is 13.9. The van der Waals surface area contributed by atoms with Gasteiger partial charge in [-0.3, -0.25) is 4.79 Å². The number of hydrogen-bond acceptors (Lipinski definition) is 3. The molecule has 1 aromatic carbocycles. The Morgan fingerprint density at radius 3 is 3.05 bits per heavy atom. The molecule has 1 unspecified atom stereocenters. The maximum absolute atomic E-state index is 12.1. The van der Waals surface area contributed by atoms with Crippen LogP contribution >= 0.6 is 23.4 Å². The number of β-amino-alcohol motifs (C(OH)–C–C–N with tert-alkyl or cyclic N) is 1. The Hall–Kier alpha value is -0.710. The van der Waals surface area contributed by atoms with Crippen molar-refractivity contribution < 1.29 is 9.90 Å². The summed E-state index contributed by atoms with van der Waals surface area (Å²) in [5.74, 6) is 1.33. The number of benzene rings is 1. The molecule has 0 spiro atoms. The molecule has 1 heterocycles. The second-order valence-electron chi connectivity index (χ2n) is 5.54. The quantitative estimate of drug-likeness (QED) is 0.929. The number of piperidine rings is 1. The van der Waals surface area contributed by atoms with Crippen LogP contribution in [0.3, 0.4) is 0 Å². The van der Waals surface area contributed by atoms with E-state index in [0.29, 0.717) is 12.3 Å². The molecule has 0 aliphatic carbocycles. The summed E-state index contributed by atoms with van der Waals surface area (Å²) >= 11 is 7.51. The van der Waals surface area contributed by atoms with Crippen molar-refractivity contribution in [1.29, 1.82) is 0 Å². The molecule has 3 nitrogen and oxygen atoms in total. The van der Waals surface area contributed by atoms with Crippen LogP contribution in [0, 0.1) is 0 Å². The number of hydrogen-bond donors (Lipinski definition) is 1. The molecule has 1 aromatic rings. The minimum Gasteiger partial charge on any atom is -0.388 e. The molecule has 1 atom stereocenters. The SMILES string of the molecule is CC1(O)CCCN(C(=O)CSCc2cccc(Cl)c2)C1. The highest BCUT2D eigenvalue weighted by Crippen LogP contribution is 2.22. The van der Waals surface area contributed by atoms with Crippen molar-refractivity contribution in [2.24, 2.45) is 0 Å². The summed E-state index contributed by atoms with van der Waals surface area (Å²) in [6.07, 6.45) is 1.64. The lowest BCUT2D eigenvalue weighted by atomic mass is 9.95. The summed E-state index contributed by atoms with van der Waals surface area (Å²) in [5, 5.41) is 10.7. The van der Waals surface area contributed by atoms with Crippen LogP contribution < -0.4 is 0 Å². The van der Waals surface area contributed by atoms with E-state index in [9.17, 15) is 9.90 Å². The van der Waals surface area contributed by atoms with Crippen molar-refractivity contribution in [1.82, 2.24) is 4.90 Å². The third-order valence-corrected chi connectivity index (χ3v) is 4.63. The van der Waals surface area contributed by atoms with E-state index in [1.807, 2.05) is 24.3 Å². The van der Waals surface area contributed by atoms with E-state index in [-0.39, 0.29) is 5.91 Å². The third kappa shape index (κ3) is 4.69. The first-order valence-electron chi connectivity index (χ1n) is 6.79. The van der Waals surface area contributed by atoms with Gasteiger partial charge >= 0.3 is 0 Å². The van der Waals surface area contributed by atoms with Crippen LogP contribution in [0.4, 0.5) is 0 Å². The molecular weight excluding hydrogens is 294 g/mol. The van der Waals surface area contributed by atoms with Crippen LogP contribution in [0.15, 0.2) is 24.3 Å². The number of likely N-dealkylation sites (tertiary alicyclic amines) is 1. The number of rotatable bonds is 4. The Labute approximate surface area is 129 Å². The number of aliphatic hydroxyl groups is 1. The zero-order chi connectivity index (χ0) is 14.6. The van der Waals surface area contributed by atoms with Gasteiger partial charge in [-0.25, -0.2) is 0 Å². The molecule has 1 N–H and O–H groups in total. The van der Waals surface area contributed by atoms with Gasteiger partial charge < -0.3 is 10.0 Å². The van der Waals surface area contributed by atoms with Crippen LogP contribution in [-0.2, 0) is 10.5 Å². The third-order valence-electron chi connectivity index (χ3n) is 3.41. The van der Waals surface area contributed by atoms with Crippen LogP contribution in [-0.4, -0.2) is 40.4 Å². The van der Waals surface area contributed by atoms with Crippen molar-refractivity contribution in [3.05, 3.63) is 34.9 Å². The van der Waals surface area contributed by atoms with Gasteiger partial charge in [0.05, 0.1) is 11.4 Å². The van der Waals surface area contributed by atoms with Gasteiger partial charge in [0, 0.05) is 23.9 Å². The van der Waals surface area contributed by atoms with E-state index >= 15 is 0 Å². The van der Waals surface area contributed by atoms with E-state index in [1.54, 1.807) is 23.6 Å². The van der Waals surface area contributed by atoms with Gasteiger partial charge in [0.15, 0.2) is 0 Å². The van der Waals surface area contributed by atoms with Crippen molar-refractivity contribution in [3.63, 3.8) is 0 Å². The highest BCUT2D eigenvalue weighted by atomic mass is 35.5. The molecule has 0 saturated carbocycles. The van der Waals surface area contributed by atoms with Gasteiger partial charge in [0.2, 0.25) is 5.91 Å². The average molecular weight is 314 g/mol. The monoisotopic (exact) mass is 313 g/mol. The largest absolute Gasteiger partial charge is 0.388 e. The van der Waals surface area contributed by atoms with Gasteiger partial charge in [0.25, 0.3) is 0 Å². The minimum absolute atomic E-state index is 0.108. The molecule has 1 fully saturated rings. The molecule has 0 aromatic heterocycles. The molecule has 20 heavy (non-hydrogen) atoms. The van der Waals surface area contributed by atoms with E-state index in [2.05, 4.69) is 0 Å². The zero-order valence-corrected chi connectivity index (χ0v) is 13.2. The molecule has 1 amide bonds. The van der Waals surface area contributed by atoms with Gasteiger partial charge in [-0.15, -0.1) is 11.8 Å². The standard InChI is InChI=1S/C15H20ClNO2S/c1-15(19)6-3-7-17(11-15)14(18)10-20-9-12-4-2-5-13(16)8-12/h2,4-5,8,19H,3,6-7,9-11H2,1H3. The topological polar surface area (TPSA) is 40.5 Å². The van der Waals surface area contributed by atoms with Crippen LogP contribution in [0.5, 0.6) is 0 Å². The number of carbonyl (C=O) groups is 1. The fourth-order valence-electron chi connectivity index (χ4n) is 2.41. The Balaban J connectivity index is 1.78. The molecule has 0 bridgehead atoms. The zero-order valence-electron chi connectivity index (χ0n) is 11.6. The van der Waals surface area contributed by atoms with Gasteiger partial charge in [-0.2, -0.15) is 0 Å². The second kappa shape index (κ2) is 6.83. The maximum Gasteiger partial charge on any atom is 0.232 e. The summed E-state index contributed by atoms with van der Waals surface area (Å²) in [6.45, 7) is 3.00. The first kappa shape index (κ1) is 15.7. The summed E-state index contributed by atoms with van der Waals surface area (Å²) in [6, 6.07) is 7.69. The van der Waals surface area contributed by atoms with Crippen LogP contribution in [0.25, 0.3) is 0 Å². The molecule has 2 rings (SSSR count). The first-order chi connectivity index (χ1) is 9.46. The molecular formula is C15H20ClNO2S. The Kier molecular flexibility index (Phi) is 5.35. The predicted octanol–water partition coefficient (Wildman–Crippen LogP) is 2.95. The normalized spacial score (nSPS) is 22.9. The number of carbonyl (C=O) groups excluding carboxylic acids is 1. The summed E-state index contributed by atoms with van der Waals surface area (Å²) in [5.41, 5.74) is 0.395. The average Bonchev–Trinajstić information content (AvgIpc) is 2.37. The van der Waals surface area contributed by atoms with Gasteiger partial charge in [-0.1, -0.05) is 23.7 Å². The van der Waals surface area contributed by atoms with E-state index in [1.165, 1.54) is 0 Å². The number of nitrogens with zero attached hydrogens (tertiary/aromatic N) is 1. The Morgan fingerprint density at radius 2 is 2.35 bits per heavy atom. The van der Waals surface area contributed by atoms with E-state index in [4.69, 9.17) is 11.6 Å². The van der Waals surface area contributed by atoms with E-state index < -0.39 is 5.60 Å². The van der Waals surface area contributed by atoms with Crippen molar-refractivity contribution >= 4 is 29.3 Å². The number of amides is 1. The molecule has 5 heteroatoms. The first-order valence-corrected chi connectivity index (χ1v) is 8.32. The summed E-state index contributed by atoms with van der Waals surface area (Å²) < 4.78 is 0.